The Bertz CT molecular complexity index is 244. The smallest absolute Gasteiger partial charge is 0.346 e. The molecule has 0 heterocycles. The lowest BCUT2D eigenvalue weighted by Crippen LogP contribution is -2.00. The zero-order valence-electron chi connectivity index (χ0n) is 6.79. The molecular weight excluding hydrogens is 154 g/mol. The fourth-order valence-electron chi connectivity index (χ4n) is 1.52. The topological polar surface area (TPSA) is 61.1 Å². The molecule has 3 nitrogen and oxygen atoms in total. The summed E-state index contributed by atoms with van der Waals surface area (Å²) in [4.78, 5) is 10.4. The normalized spacial score (nSPS) is 19.1. The van der Waals surface area contributed by atoms with E-state index in [9.17, 15) is 4.79 Å². The van der Waals surface area contributed by atoms with Gasteiger partial charge in [0.1, 0.15) is 11.6 Å². The van der Waals surface area contributed by atoms with Crippen LogP contribution in [0.1, 0.15) is 25.7 Å². The average molecular weight is 165 g/mol. The van der Waals surface area contributed by atoms with E-state index in [2.05, 4.69) is 0 Å². The number of rotatable bonds is 2. The summed E-state index contributed by atoms with van der Waals surface area (Å²) in [5.41, 5.74) is -0.109. The minimum atomic E-state index is -1.11. The highest BCUT2D eigenvalue weighted by atomic mass is 16.4. The second-order valence-electron chi connectivity index (χ2n) is 3.04. The highest BCUT2D eigenvalue weighted by Gasteiger charge is 2.15. The van der Waals surface area contributed by atoms with Gasteiger partial charge in [-0.1, -0.05) is 18.9 Å². The summed E-state index contributed by atoms with van der Waals surface area (Å²) in [6, 6.07) is 1.69. The molecule has 1 N–H and O–H groups in total. The maximum absolute atomic E-state index is 10.4. The van der Waals surface area contributed by atoms with Gasteiger partial charge < -0.3 is 5.11 Å². The highest BCUT2D eigenvalue weighted by molar-refractivity contribution is 5.90. The molecule has 0 aromatic rings. The molecule has 12 heavy (non-hydrogen) atoms. The first-order chi connectivity index (χ1) is 5.74. The second-order valence-corrected chi connectivity index (χ2v) is 3.04. The molecule has 0 saturated heterocycles. The number of carboxylic acids is 1. The van der Waals surface area contributed by atoms with Crippen molar-refractivity contribution in [2.75, 3.05) is 0 Å². The van der Waals surface area contributed by atoms with Gasteiger partial charge in [-0.25, -0.2) is 4.79 Å². The number of hydrogen-bond acceptors (Lipinski definition) is 2. The van der Waals surface area contributed by atoms with Crippen LogP contribution in [0.5, 0.6) is 0 Å². The zero-order valence-corrected chi connectivity index (χ0v) is 6.79. The maximum atomic E-state index is 10.4. The monoisotopic (exact) mass is 165 g/mol. The quantitative estimate of drug-likeness (QED) is 0.500. The van der Waals surface area contributed by atoms with Crippen LogP contribution >= 0.6 is 0 Å². The fourth-order valence-corrected chi connectivity index (χ4v) is 1.52. The van der Waals surface area contributed by atoms with Crippen molar-refractivity contribution in [3.05, 3.63) is 11.6 Å². The molecule has 1 rings (SSSR count). The third-order valence-corrected chi connectivity index (χ3v) is 2.15. The Morgan fingerprint density at radius 3 is 2.50 bits per heavy atom. The van der Waals surface area contributed by atoms with Crippen LogP contribution in [0.2, 0.25) is 0 Å². The van der Waals surface area contributed by atoms with Crippen molar-refractivity contribution in [3.63, 3.8) is 0 Å². The lowest BCUT2D eigenvalue weighted by Gasteiger charge is -1.99. The second kappa shape index (κ2) is 3.91. The molecule has 3 heteroatoms. The van der Waals surface area contributed by atoms with Gasteiger partial charge in [-0.05, 0) is 18.8 Å². The van der Waals surface area contributed by atoms with E-state index < -0.39 is 5.97 Å². The Balaban J connectivity index is 2.64. The maximum Gasteiger partial charge on any atom is 0.346 e. The standard InChI is InChI=1S/C9H11NO2/c10-6-8(9(11)12)5-7-3-1-2-4-7/h5,7H,1-4H2,(H,11,12)/b8-5-. The number of nitrogens with zero attached hydrogens (tertiary/aromatic N) is 1. The molecule has 0 amide bonds. The van der Waals surface area contributed by atoms with Crippen molar-refractivity contribution < 1.29 is 9.90 Å². The van der Waals surface area contributed by atoms with Gasteiger partial charge in [0, 0.05) is 0 Å². The number of hydrogen-bond donors (Lipinski definition) is 1. The Morgan fingerprint density at radius 1 is 1.50 bits per heavy atom. The molecule has 0 unspecified atom stereocenters. The summed E-state index contributed by atoms with van der Waals surface area (Å²) in [6.45, 7) is 0. The lowest BCUT2D eigenvalue weighted by atomic mass is 10.1. The molecular formula is C9H11NO2. The van der Waals surface area contributed by atoms with Gasteiger partial charge in [-0.15, -0.1) is 0 Å². The number of allylic oxidation sites excluding steroid dienone is 1. The van der Waals surface area contributed by atoms with Gasteiger partial charge in [-0.3, -0.25) is 0 Å². The van der Waals surface area contributed by atoms with E-state index in [1.165, 1.54) is 0 Å². The molecule has 0 radical (unpaired) electrons. The molecule has 0 bridgehead atoms. The first-order valence-corrected chi connectivity index (χ1v) is 4.09. The summed E-state index contributed by atoms with van der Waals surface area (Å²) in [5, 5.41) is 17.0. The van der Waals surface area contributed by atoms with Crippen LogP contribution < -0.4 is 0 Å². The number of nitriles is 1. The summed E-state index contributed by atoms with van der Waals surface area (Å²) >= 11 is 0. The number of carboxylic acid groups (broad SMARTS) is 1. The van der Waals surface area contributed by atoms with Crippen molar-refractivity contribution in [1.29, 1.82) is 5.26 Å². The van der Waals surface area contributed by atoms with Crippen molar-refractivity contribution in [2.24, 2.45) is 5.92 Å². The van der Waals surface area contributed by atoms with Crippen LogP contribution in [0.25, 0.3) is 0 Å². The van der Waals surface area contributed by atoms with Gasteiger partial charge in [0.05, 0.1) is 0 Å². The molecule has 0 spiro atoms. The van der Waals surface area contributed by atoms with Crippen LogP contribution in [0.15, 0.2) is 11.6 Å². The third-order valence-electron chi connectivity index (χ3n) is 2.15. The van der Waals surface area contributed by atoms with E-state index in [0.29, 0.717) is 5.92 Å². The molecule has 0 aromatic carbocycles. The summed E-state index contributed by atoms with van der Waals surface area (Å²) < 4.78 is 0. The average Bonchev–Trinajstić information content (AvgIpc) is 2.51. The van der Waals surface area contributed by atoms with Crippen LogP contribution in [0.4, 0.5) is 0 Å². The number of carbonyl (C=O) groups is 1. The fraction of sp³-hybridized carbons (Fsp3) is 0.556. The summed E-state index contributed by atoms with van der Waals surface area (Å²) in [6.07, 6.45) is 5.95. The molecule has 0 aliphatic heterocycles. The molecule has 0 atom stereocenters. The highest BCUT2D eigenvalue weighted by Crippen LogP contribution is 2.26. The predicted molar refractivity (Wildman–Crippen MR) is 43.3 cm³/mol. The van der Waals surface area contributed by atoms with Crippen molar-refractivity contribution in [3.8, 4) is 6.07 Å². The first kappa shape index (κ1) is 8.79. The van der Waals surface area contributed by atoms with Crippen LogP contribution in [-0.2, 0) is 4.79 Å². The number of aliphatic carboxylic acids is 1. The van der Waals surface area contributed by atoms with Crippen LogP contribution in [-0.4, -0.2) is 11.1 Å². The van der Waals surface area contributed by atoms with Crippen molar-refractivity contribution in [2.45, 2.75) is 25.7 Å². The SMILES string of the molecule is N#C/C(=C/C1CCCC1)C(=O)O. The van der Waals surface area contributed by atoms with E-state index >= 15 is 0 Å². The largest absolute Gasteiger partial charge is 0.477 e. The molecule has 1 saturated carbocycles. The Labute approximate surface area is 71.3 Å². The van der Waals surface area contributed by atoms with E-state index in [-0.39, 0.29) is 5.57 Å². The molecule has 1 fully saturated rings. The van der Waals surface area contributed by atoms with E-state index in [0.717, 1.165) is 25.7 Å². The van der Waals surface area contributed by atoms with Gasteiger partial charge in [0.15, 0.2) is 0 Å². The molecule has 64 valence electrons. The minimum Gasteiger partial charge on any atom is -0.477 e. The van der Waals surface area contributed by atoms with Crippen molar-refractivity contribution in [1.82, 2.24) is 0 Å². The van der Waals surface area contributed by atoms with E-state index in [1.807, 2.05) is 0 Å². The van der Waals surface area contributed by atoms with Crippen LogP contribution in [0.3, 0.4) is 0 Å². The van der Waals surface area contributed by atoms with Gasteiger partial charge in [0.25, 0.3) is 0 Å². The molecule has 1 aliphatic rings. The van der Waals surface area contributed by atoms with Gasteiger partial charge in [0.2, 0.25) is 0 Å². The molecule has 1 aliphatic carbocycles. The van der Waals surface area contributed by atoms with E-state index in [4.69, 9.17) is 10.4 Å². The van der Waals surface area contributed by atoms with Crippen LogP contribution in [0, 0.1) is 17.2 Å². The minimum absolute atomic E-state index is 0.109. The molecule has 0 aromatic heterocycles. The Hall–Kier alpha value is -1.30. The van der Waals surface area contributed by atoms with E-state index in [1.54, 1.807) is 12.1 Å². The summed E-state index contributed by atoms with van der Waals surface area (Å²) in [7, 11) is 0. The Morgan fingerprint density at radius 2 is 2.08 bits per heavy atom. The van der Waals surface area contributed by atoms with Crippen molar-refractivity contribution >= 4 is 5.97 Å². The third kappa shape index (κ3) is 2.09. The predicted octanol–water partition coefficient (Wildman–Crippen LogP) is 1.71. The first-order valence-electron chi connectivity index (χ1n) is 4.09. The van der Waals surface area contributed by atoms with Gasteiger partial charge in [-0.2, -0.15) is 5.26 Å². The Kier molecular flexibility index (Phi) is 2.87. The summed E-state index contributed by atoms with van der Waals surface area (Å²) in [5.74, 6) is -0.792. The zero-order chi connectivity index (χ0) is 8.97. The van der Waals surface area contributed by atoms with Gasteiger partial charge >= 0.3 is 5.97 Å². The lowest BCUT2D eigenvalue weighted by molar-refractivity contribution is -0.132.